The van der Waals surface area contributed by atoms with Crippen molar-refractivity contribution < 1.29 is 4.79 Å². The van der Waals surface area contributed by atoms with Gasteiger partial charge in [-0.3, -0.25) is 9.36 Å². The minimum atomic E-state index is -0.0291. The van der Waals surface area contributed by atoms with Crippen molar-refractivity contribution in [2.45, 2.75) is 38.0 Å². The average Bonchev–Trinajstić information content (AvgIpc) is 2.96. The number of halogens is 2. The molecule has 2 aromatic rings. The van der Waals surface area contributed by atoms with Gasteiger partial charge in [0.15, 0.2) is 11.0 Å². The Kier molecular flexibility index (Phi) is 7.35. The van der Waals surface area contributed by atoms with Crippen LogP contribution in [0.15, 0.2) is 36.0 Å². The van der Waals surface area contributed by atoms with Crippen LogP contribution >= 0.6 is 35.0 Å². The van der Waals surface area contributed by atoms with Gasteiger partial charge in [-0.15, -0.1) is 16.8 Å². The number of carbonyl (C=O) groups excluding carboxylic acids is 1. The fraction of sp³-hybridized carbons (Fsp3) is 0.353. The Balaban J connectivity index is 2.21. The van der Waals surface area contributed by atoms with Gasteiger partial charge in [0.25, 0.3) is 0 Å². The van der Waals surface area contributed by atoms with E-state index in [-0.39, 0.29) is 17.7 Å². The van der Waals surface area contributed by atoms with Gasteiger partial charge in [0.05, 0.1) is 10.8 Å². The van der Waals surface area contributed by atoms with E-state index in [2.05, 4.69) is 22.1 Å². The molecular weight excluding hydrogens is 379 g/mol. The fourth-order valence-electron chi connectivity index (χ4n) is 2.11. The molecule has 0 fully saturated rings. The number of amides is 1. The van der Waals surface area contributed by atoms with E-state index in [0.29, 0.717) is 27.6 Å². The molecule has 134 valence electrons. The van der Waals surface area contributed by atoms with Crippen LogP contribution in [-0.2, 0) is 11.3 Å². The van der Waals surface area contributed by atoms with Gasteiger partial charge in [0, 0.05) is 23.2 Å². The zero-order valence-corrected chi connectivity index (χ0v) is 16.5. The van der Waals surface area contributed by atoms with Crippen LogP contribution in [0.25, 0.3) is 11.4 Å². The van der Waals surface area contributed by atoms with Crippen LogP contribution in [0.1, 0.15) is 20.3 Å². The van der Waals surface area contributed by atoms with Gasteiger partial charge < -0.3 is 5.32 Å². The molecule has 0 saturated carbocycles. The number of hydrogen-bond donors (Lipinski definition) is 1. The lowest BCUT2D eigenvalue weighted by atomic mass is 10.2. The molecule has 0 saturated heterocycles. The minimum Gasteiger partial charge on any atom is -0.353 e. The van der Waals surface area contributed by atoms with Crippen LogP contribution in [0.3, 0.4) is 0 Å². The maximum absolute atomic E-state index is 12.0. The Morgan fingerprint density at radius 3 is 2.84 bits per heavy atom. The van der Waals surface area contributed by atoms with Crippen LogP contribution in [0.5, 0.6) is 0 Å². The number of nitrogens with one attached hydrogen (secondary N) is 1. The largest absolute Gasteiger partial charge is 0.353 e. The van der Waals surface area contributed by atoms with Crippen LogP contribution < -0.4 is 5.32 Å². The van der Waals surface area contributed by atoms with E-state index in [9.17, 15) is 4.79 Å². The average molecular weight is 399 g/mol. The van der Waals surface area contributed by atoms with Gasteiger partial charge >= 0.3 is 0 Å². The van der Waals surface area contributed by atoms with E-state index in [1.807, 2.05) is 18.4 Å². The zero-order chi connectivity index (χ0) is 18.4. The predicted octanol–water partition coefficient (Wildman–Crippen LogP) is 4.44. The highest BCUT2D eigenvalue weighted by atomic mass is 35.5. The van der Waals surface area contributed by atoms with E-state index in [1.165, 1.54) is 11.8 Å². The number of hydrogen-bond acceptors (Lipinski definition) is 4. The van der Waals surface area contributed by atoms with Crippen molar-refractivity contribution in [2.75, 3.05) is 5.75 Å². The van der Waals surface area contributed by atoms with E-state index in [1.54, 1.807) is 24.3 Å². The molecule has 1 N–H and O–H groups in total. The topological polar surface area (TPSA) is 59.8 Å². The maximum Gasteiger partial charge on any atom is 0.230 e. The third kappa shape index (κ3) is 5.23. The third-order valence-electron chi connectivity index (χ3n) is 3.55. The molecule has 1 amide bonds. The first-order chi connectivity index (χ1) is 12.0. The van der Waals surface area contributed by atoms with Crippen molar-refractivity contribution >= 4 is 40.9 Å². The summed E-state index contributed by atoms with van der Waals surface area (Å²) in [7, 11) is 0. The summed E-state index contributed by atoms with van der Waals surface area (Å²) in [4.78, 5) is 12.0. The predicted molar refractivity (Wildman–Crippen MR) is 104 cm³/mol. The van der Waals surface area contributed by atoms with E-state index < -0.39 is 0 Å². The number of benzene rings is 1. The van der Waals surface area contributed by atoms with Gasteiger partial charge in [-0.2, -0.15) is 0 Å². The first-order valence-electron chi connectivity index (χ1n) is 7.88. The second kappa shape index (κ2) is 9.27. The van der Waals surface area contributed by atoms with Gasteiger partial charge in [0.1, 0.15) is 0 Å². The number of aromatic nitrogens is 3. The second-order valence-electron chi connectivity index (χ2n) is 5.50. The van der Waals surface area contributed by atoms with Crippen molar-refractivity contribution in [3.05, 3.63) is 40.9 Å². The summed E-state index contributed by atoms with van der Waals surface area (Å²) in [5, 5.41) is 13.1. The third-order valence-corrected chi connectivity index (χ3v) is 5.07. The molecule has 0 spiro atoms. The van der Waals surface area contributed by atoms with Gasteiger partial charge in [-0.1, -0.05) is 48.0 Å². The number of carbonyl (C=O) groups is 1. The van der Waals surface area contributed by atoms with E-state index >= 15 is 0 Å². The fourth-order valence-corrected chi connectivity index (χ4v) is 3.36. The molecule has 1 atom stereocenters. The summed E-state index contributed by atoms with van der Waals surface area (Å²) in [5.74, 6) is 0.860. The highest BCUT2D eigenvalue weighted by Gasteiger charge is 2.17. The summed E-state index contributed by atoms with van der Waals surface area (Å²) in [6.07, 6.45) is 2.64. The van der Waals surface area contributed by atoms with Crippen molar-refractivity contribution in [1.82, 2.24) is 20.1 Å². The zero-order valence-electron chi connectivity index (χ0n) is 14.1. The quantitative estimate of drug-likeness (QED) is 0.527. The summed E-state index contributed by atoms with van der Waals surface area (Å²) in [5.41, 5.74) is 0.733. The SMILES string of the molecule is C=CCn1c(SCC(=O)N[C@@H](C)CC)nnc1-c1ccc(Cl)cc1Cl. The molecule has 1 heterocycles. The van der Waals surface area contributed by atoms with Crippen molar-refractivity contribution in [3.63, 3.8) is 0 Å². The molecule has 0 radical (unpaired) electrons. The first-order valence-corrected chi connectivity index (χ1v) is 9.62. The van der Waals surface area contributed by atoms with Crippen LogP contribution in [0, 0.1) is 0 Å². The molecule has 2 rings (SSSR count). The summed E-state index contributed by atoms with van der Waals surface area (Å²) < 4.78 is 1.88. The highest BCUT2D eigenvalue weighted by molar-refractivity contribution is 7.99. The Labute approximate surface area is 161 Å². The molecule has 0 aliphatic rings. The summed E-state index contributed by atoms with van der Waals surface area (Å²) >= 11 is 13.6. The number of allylic oxidation sites excluding steroid dienone is 1. The van der Waals surface area contributed by atoms with Crippen LogP contribution in [0.2, 0.25) is 10.0 Å². The monoisotopic (exact) mass is 398 g/mol. The normalized spacial score (nSPS) is 12.0. The molecular formula is C17H20Cl2N4OS. The molecule has 0 aliphatic heterocycles. The maximum atomic E-state index is 12.0. The lowest BCUT2D eigenvalue weighted by Gasteiger charge is -2.11. The van der Waals surface area contributed by atoms with Gasteiger partial charge in [-0.05, 0) is 31.5 Å². The summed E-state index contributed by atoms with van der Waals surface area (Å²) in [6, 6.07) is 5.38. The molecule has 1 aromatic carbocycles. The van der Waals surface area contributed by atoms with Crippen molar-refractivity contribution in [2.24, 2.45) is 0 Å². The molecule has 1 aromatic heterocycles. The van der Waals surface area contributed by atoms with Gasteiger partial charge in [-0.25, -0.2) is 0 Å². The number of nitrogens with zero attached hydrogens (tertiary/aromatic N) is 3. The van der Waals surface area contributed by atoms with Crippen molar-refractivity contribution in [1.29, 1.82) is 0 Å². The van der Waals surface area contributed by atoms with Crippen molar-refractivity contribution in [3.8, 4) is 11.4 Å². The Morgan fingerprint density at radius 2 is 2.20 bits per heavy atom. The van der Waals surface area contributed by atoms with E-state index in [0.717, 1.165) is 12.0 Å². The molecule has 0 aliphatic carbocycles. The Hall–Kier alpha value is -1.50. The molecule has 0 unspecified atom stereocenters. The number of thioether (sulfide) groups is 1. The lowest BCUT2D eigenvalue weighted by Crippen LogP contribution is -2.33. The number of rotatable bonds is 8. The first kappa shape index (κ1) is 19.8. The minimum absolute atomic E-state index is 0.0291. The van der Waals surface area contributed by atoms with Crippen LogP contribution in [0.4, 0.5) is 0 Å². The van der Waals surface area contributed by atoms with E-state index in [4.69, 9.17) is 23.2 Å². The second-order valence-corrected chi connectivity index (χ2v) is 7.28. The highest BCUT2D eigenvalue weighted by Crippen LogP contribution is 2.31. The summed E-state index contributed by atoms with van der Waals surface area (Å²) in [6.45, 7) is 8.29. The molecule has 0 bridgehead atoms. The molecule has 5 nitrogen and oxygen atoms in total. The van der Waals surface area contributed by atoms with Gasteiger partial charge in [0.2, 0.25) is 5.91 Å². The molecule has 25 heavy (non-hydrogen) atoms. The smallest absolute Gasteiger partial charge is 0.230 e. The molecule has 8 heteroatoms. The Morgan fingerprint density at radius 1 is 1.44 bits per heavy atom. The lowest BCUT2D eigenvalue weighted by molar-refractivity contribution is -0.119. The van der Waals surface area contributed by atoms with Crippen LogP contribution in [-0.4, -0.2) is 32.5 Å². The standard InChI is InChI=1S/C17H20Cl2N4OS/c1-4-8-23-16(13-7-6-12(18)9-14(13)19)21-22-17(23)25-10-15(24)20-11(3)5-2/h4,6-7,9,11H,1,5,8,10H2,2-3H3,(H,20,24)/t11-/m0/s1. The Bertz CT molecular complexity index is 763.